The molecule has 0 saturated heterocycles. The average molecular weight is 317 g/mol. The molecule has 0 aliphatic rings. The van der Waals surface area contributed by atoms with Gasteiger partial charge >= 0.3 is 0 Å². The van der Waals surface area contributed by atoms with Crippen LogP contribution in [0.2, 0.25) is 5.02 Å². The molecule has 0 bridgehead atoms. The molecular weight excluding hydrogens is 304 g/mol. The van der Waals surface area contributed by atoms with E-state index in [0.717, 1.165) is 22.0 Å². The number of pyridine rings is 1. The Hall–Kier alpha value is -1.91. The van der Waals surface area contributed by atoms with Gasteiger partial charge in [-0.15, -0.1) is 11.3 Å². The van der Waals surface area contributed by atoms with E-state index in [1.165, 1.54) is 5.56 Å². The predicted molar refractivity (Wildman–Crippen MR) is 85.9 cm³/mol. The zero-order valence-electron chi connectivity index (χ0n) is 11.4. The van der Waals surface area contributed by atoms with Crippen molar-refractivity contribution >= 4 is 22.9 Å². The third kappa shape index (κ3) is 3.40. The van der Waals surface area contributed by atoms with Gasteiger partial charge in [0.1, 0.15) is 17.4 Å². The summed E-state index contributed by atoms with van der Waals surface area (Å²) in [4.78, 5) is 8.53. The van der Waals surface area contributed by atoms with Gasteiger partial charge in [0.2, 0.25) is 0 Å². The molecule has 0 radical (unpaired) electrons. The lowest BCUT2D eigenvalue weighted by molar-refractivity contribution is 0.305. The van der Waals surface area contributed by atoms with E-state index >= 15 is 0 Å². The number of thiazole rings is 1. The summed E-state index contributed by atoms with van der Waals surface area (Å²) in [6.45, 7) is 2.51. The number of benzene rings is 1. The Morgan fingerprint density at radius 3 is 2.76 bits per heavy atom. The molecular formula is C16H13ClN2OS. The van der Waals surface area contributed by atoms with E-state index in [1.807, 2.05) is 35.7 Å². The van der Waals surface area contributed by atoms with Crippen LogP contribution in [-0.4, -0.2) is 9.97 Å². The lowest BCUT2D eigenvalue weighted by Gasteiger charge is -2.04. The Bertz CT molecular complexity index is 740. The van der Waals surface area contributed by atoms with Crippen LogP contribution in [0.25, 0.3) is 11.3 Å². The zero-order valence-corrected chi connectivity index (χ0v) is 13.0. The molecule has 1 aromatic carbocycles. The highest BCUT2D eigenvalue weighted by Gasteiger charge is 2.08. The predicted octanol–water partition coefficient (Wildman–Crippen LogP) is 4.75. The first-order valence-corrected chi connectivity index (χ1v) is 7.72. The molecule has 0 spiro atoms. The maximum Gasteiger partial charge on any atom is 0.140 e. The third-order valence-electron chi connectivity index (χ3n) is 2.98. The summed E-state index contributed by atoms with van der Waals surface area (Å²) >= 11 is 7.69. The normalized spacial score (nSPS) is 10.6. The van der Waals surface area contributed by atoms with Crippen molar-refractivity contribution in [2.75, 3.05) is 0 Å². The highest BCUT2D eigenvalue weighted by atomic mass is 35.5. The van der Waals surface area contributed by atoms with Crippen LogP contribution in [-0.2, 0) is 6.61 Å². The smallest absolute Gasteiger partial charge is 0.140 e. The van der Waals surface area contributed by atoms with Crippen LogP contribution in [0.3, 0.4) is 0 Å². The first-order valence-electron chi connectivity index (χ1n) is 6.46. The molecule has 3 nitrogen and oxygen atoms in total. The quantitative estimate of drug-likeness (QED) is 0.697. The van der Waals surface area contributed by atoms with Crippen molar-refractivity contribution in [3.63, 3.8) is 0 Å². The molecule has 0 aliphatic heterocycles. The van der Waals surface area contributed by atoms with Gasteiger partial charge in [0.25, 0.3) is 0 Å². The third-order valence-corrected chi connectivity index (χ3v) is 4.11. The highest BCUT2D eigenvalue weighted by molar-refractivity contribution is 7.09. The highest BCUT2D eigenvalue weighted by Crippen LogP contribution is 2.28. The van der Waals surface area contributed by atoms with Crippen molar-refractivity contribution in [3.05, 3.63) is 63.7 Å². The summed E-state index contributed by atoms with van der Waals surface area (Å²) in [5.74, 6) is 0.847. The van der Waals surface area contributed by atoms with Gasteiger partial charge in [-0.25, -0.2) is 4.98 Å². The molecule has 0 N–H and O–H groups in total. The van der Waals surface area contributed by atoms with Crippen molar-refractivity contribution in [2.24, 2.45) is 0 Å². The molecule has 0 saturated carbocycles. The van der Waals surface area contributed by atoms with Gasteiger partial charge in [-0.2, -0.15) is 0 Å². The SMILES string of the molecule is Cc1ccc(OCc2nc(-c3ccncc3Cl)cs2)cc1. The molecule has 0 aliphatic carbocycles. The number of ether oxygens (including phenoxy) is 1. The van der Waals surface area contributed by atoms with Gasteiger partial charge < -0.3 is 4.74 Å². The fourth-order valence-electron chi connectivity index (χ4n) is 1.86. The molecule has 0 atom stereocenters. The van der Waals surface area contributed by atoms with Gasteiger partial charge in [0.15, 0.2) is 0 Å². The zero-order chi connectivity index (χ0) is 14.7. The first kappa shape index (κ1) is 14.0. The average Bonchev–Trinajstić information content (AvgIpc) is 2.96. The van der Waals surface area contributed by atoms with E-state index in [2.05, 4.69) is 16.9 Å². The van der Waals surface area contributed by atoms with E-state index < -0.39 is 0 Å². The lowest BCUT2D eigenvalue weighted by atomic mass is 10.2. The second-order valence-corrected chi connectivity index (χ2v) is 5.93. The van der Waals surface area contributed by atoms with Crippen LogP contribution in [0.15, 0.2) is 48.1 Å². The van der Waals surface area contributed by atoms with E-state index in [4.69, 9.17) is 16.3 Å². The fraction of sp³-hybridized carbons (Fsp3) is 0.125. The summed E-state index contributed by atoms with van der Waals surface area (Å²) < 4.78 is 5.73. The Labute approximate surface area is 132 Å². The molecule has 0 unspecified atom stereocenters. The molecule has 5 heteroatoms. The van der Waals surface area contributed by atoms with Crippen LogP contribution >= 0.6 is 22.9 Å². The summed E-state index contributed by atoms with van der Waals surface area (Å²) in [5, 5.41) is 3.50. The molecule has 0 amide bonds. The standard InChI is InChI=1S/C16H13ClN2OS/c1-11-2-4-12(5-3-11)20-9-16-19-15(10-21-16)13-6-7-18-8-14(13)17/h2-8,10H,9H2,1H3. The molecule has 2 heterocycles. The number of aryl methyl sites for hydroxylation is 1. The minimum absolute atomic E-state index is 0.455. The van der Waals surface area contributed by atoms with Crippen molar-refractivity contribution < 1.29 is 4.74 Å². The van der Waals surface area contributed by atoms with Crippen molar-refractivity contribution in [1.29, 1.82) is 0 Å². The maximum atomic E-state index is 6.13. The van der Waals surface area contributed by atoms with Crippen LogP contribution in [0.5, 0.6) is 5.75 Å². The number of aromatic nitrogens is 2. The largest absolute Gasteiger partial charge is 0.486 e. The van der Waals surface area contributed by atoms with Gasteiger partial charge in [0.05, 0.1) is 10.7 Å². The van der Waals surface area contributed by atoms with Gasteiger partial charge in [0, 0.05) is 23.3 Å². The summed E-state index contributed by atoms with van der Waals surface area (Å²) in [7, 11) is 0. The van der Waals surface area contributed by atoms with Crippen LogP contribution in [0.1, 0.15) is 10.6 Å². The number of rotatable bonds is 4. The van der Waals surface area contributed by atoms with Gasteiger partial charge in [-0.3, -0.25) is 4.98 Å². The van der Waals surface area contributed by atoms with E-state index in [-0.39, 0.29) is 0 Å². The molecule has 3 aromatic rings. The van der Waals surface area contributed by atoms with Crippen LogP contribution in [0, 0.1) is 6.92 Å². The van der Waals surface area contributed by atoms with E-state index in [9.17, 15) is 0 Å². The molecule has 0 fully saturated rings. The van der Waals surface area contributed by atoms with Crippen molar-refractivity contribution in [1.82, 2.24) is 9.97 Å². The molecule has 3 rings (SSSR count). The Morgan fingerprint density at radius 1 is 1.19 bits per heavy atom. The maximum absolute atomic E-state index is 6.13. The molecule has 106 valence electrons. The summed E-state index contributed by atoms with van der Waals surface area (Å²) in [6.07, 6.45) is 3.34. The Balaban J connectivity index is 1.71. The Kier molecular flexibility index (Phi) is 4.18. The fourth-order valence-corrected chi connectivity index (χ4v) is 2.78. The van der Waals surface area contributed by atoms with Crippen LogP contribution < -0.4 is 4.74 Å². The first-order chi connectivity index (χ1) is 10.2. The summed E-state index contributed by atoms with van der Waals surface area (Å²) in [5.41, 5.74) is 2.96. The van der Waals surface area contributed by atoms with E-state index in [1.54, 1.807) is 23.7 Å². The molecule has 2 aromatic heterocycles. The molecule has 21 heavy (non-hydrogen) atoms. The minimum atomic E-state index is 0.455. The number of nitrogens with zero attached hydrogens (tertiary/aromatic N) is 2. The van der Waals surface area contributed by atoms with Crippen molar-refractivity contribution in [2.45, 2.75) is 13.5 Å². The van der Waals surface area contributed by atoms with Gasteiger partial charge in [-0.1, -0.05) is 29.3 Å². The Morgan fingerprint density at radius 2 is 2.00 bits per heavy atom. The topological polar surface area (TPSA) is 35.0 Å². The number of hydrogen-bond acceptors (Lipinski definition) is 4. The van der Waals surface area contributed by atoms with E-state index in [0.29, 0.717) is 11.6 Å². The second kappa shape index (κ2) is 6.24. The minimum Gasteiger partial charge on any atom is -0.486 e. The van der Waals surface area contributed by atoms with Crippen LogP contribution in [0.4, 0.5) is 0 Å². The lowest BCUT2D eigenvalue weighted by Crippen LogP contribution is -1.94. The number of hydrogen-bond donors (Lipinski definition) is 0. The monoisotopic (exact) mass is 316 g/mol. The number of halogens is 1. The van der Waals surface area contributed by atoms with Crippen molar-refractivity contribution in [3.8, 4) is 17.0 Å². The summed E-state index contributed by atoms with van der Waals surface area (Å²) in [6, 6.07) is 9.84. The second-order valence-electron chi connectivity index (χ2n) is 4.58. The van der Waals surface area contributed by atoms with Gasteiger partial charge in [-0.05, 0) is 25.1 Å².